The molecule has 1 aliphatic heterocycles. The van der Waals surface area contributed by atoms with Crippen LogP contribution in [-0.2, 0) is 14.3 Å². The van der Waals surface area contributed by atoms with Gasteiger partial charge in [0.2, 0.25) is 11.8 Å². The van der Waals surface area contributed by atoms with Crippen molar-refractivity contribution in [3.8, 4) is 11.5 Å². The van der Waals surface area contributed by atoms with E-state index >= 15 is 0 Å². The van der Waals surface area contributed by atoms with Crippen molar-refractivity contribution in [2.75, 3.05) is 25.0 Å². The lowest BCUT2D eigenvalue weighted by molar-refractivity contribution is -0.130. The van der Waals surface area contributed by atoms with E-state index in [4.69, 9.17) is 9.47 Å². The van der Waals surface area contributed by atoms with Crippen LogP contribution >= 0.6 is 0 Å². The normalized spacial score (nSPS) is 15.8. The van der Waals surface area contributed by atoms with Crippen molar-refractivity contribution >= 4 is 17.5 Å². The molecule has 3 rings (SSSR count). The van der Waals surface area contributed by atoms with Gasteiger partial charge in [0.15, 0.2) is 5.75 Å². The van der Waals surface area contributed by atoms with Crippen molar-refractivity contribution < 1.29 is 19.1 Å². The molecule has 0 aromatic heterocycles. The zero-order valence-electron chi connectivity index (χ0n) is 16.1. The number of nitrogens with one attached hydrogen (secondary N) is 1. The number of hydrogen-bond donors (Lipinski definition) is 1. The lowest BCUT2D eigenvalue weighted by Crippen LogP contribution is -2.37. The summed E-state index contributed by atoms with van der Waals surface area (Å²) in [7, 11) is 0. The number of ether oxygens (including phenoxy) is 2. The lowest BCUT2D eigenvalue weighted by atomic mass is 10.2. The Hall–Kier alpha value is -2.86. The third kappa shape index (κ3) is 5.82. The van der Waals surface area contributed by atoms with E-state index in [1.165, 1.54) is 6.92 Å². The molecule has 1 saturated heterocycles. The van der Waals surface area contributed by atoms with E-state index in [1.54, 1.807) is 11.0 Å². The maximum Gasteiger partial charge on any atom is 0.226 e. The van der Waals surface area contributed by atoms with Gasteiger partial charge in [0.1, 0.15) is 5.75 Å². The highest BCUT2D eigenvalue weighted by atomic mass is 16.5. The molecule has 2 aromatic rings. The first kappa shape index (κ1) is 19.9. The number of carbonyl (C=O) groups excluding carboxylic acids is 2. The molecule has 1 fully saturated rings. The third-order valence-electron chi connectivity index (χ3n) is 4.63. The molecule has 6 nitrogen and oxygen atoms in total. The molecule has 0 saturated carbocycles. The Morgan fingerprint density at radius 2 is 1.89 bits per heavy atom. The molecule has 1 N–H and O–H groups in total. The molecule has 0 aliphatic carbocycles. The zero-order chi connectivity index (χ0) is 19.8. The molecule has 28 heavy (non-hydrogen) atoms. The maximum atomic E-state index is 12.4. The van der Waals surface area contributed by atoms with Crippen LogP contribution in [0.5, 0.6) is 11.5 Å². The van der Waals surface area contributed by atoms with Crippen LogP contribution < -0.4 is 10.1 Å². The van der Waals surface area contributed by atoms with Gasteiger partial charge in [0.25, 0.3) is 0 Å². The number of carbonyl (C=O) groups is 2. The first-order valence-electron chi connectivity index (χ1n) is 9.61. The van der Waals surface area contributed by atoms with Gasteiger partial charge in [-0.2, -0.15) is 0 Å². The van der Waals surface area contributed by atoms with Gasteiger partial charge in [-0.15, -0.1) is 0 Å². The third-order valence-corrected chi connectivity index (χ3v) is 4.63. The summed E-state index contributed by atoms with van der Waals surface area (Å²) in [5.41, 5.74) is 0.602. The van der Waals surface area contributed by atoms with Gasteiger partial charge in [0, 0.05) is 33.0 Å². The molecule has 1 heterocycles. The highest BCUT2D eigenvalue weighted by molar-refractivity contribution is 5.92. The summed E-state index contributed by atoms with van der Waals surface area (Å²) in [5, 5.41) is 2.89. The van der Waals surface area contributed by atoms with Crippen LogP contribution in [-0.4, -0.2) is 42.5 Å². The summed E-state index contributed by atoms with van der Waals surface area (Å²) in [6, 6.07) is 16.7. The summed E-state index contributed by atoms with van der Waals surface area (Å²) in [6.45, 7) is 3.17. The minimum Gasteiger partial charge on any atom is -0.455 e. The summed E-state index contributed by atoms with van der Waals surface area (Å²) in [4.78, 5) is 26.0. The van der Waals surface area contributed by atoms with E-state index in [1.807, 2.05) is 48.5 Å². The molecule has 0 bridgehead atoms. The van der Waals surface area contributed by atoms with Crippen molar-refractivity contribution in [1.82, 2.24) is 4.90 Å². The van der Waals surface area contributed by atoms with Crippen LogP contribution in [0.3, 0.4) is 0 Å². The topological polar surface area (TPSA) is 67.9 Å². The Morgan fingerprint density at radius 1 is 1.14 bits per heavy atom. The first-order valence-corrected chi connectivity index (χ1v) is 9.61. The Bertz CT molecular complexity index is 788. The average Bonchev–Trinajstić information content (AvgIpc) is 3.20. The van der Waals surface area contributed by atoms with Gasteiger partial charge in [-0.05, 0) is 37.1 Å². The minimum atomic E-state index is -0.164. The maximum absolute atomic E-state index is 12.4. The highest BCUT2D eigenvalue weighted by Crippen LogP contribution is 2.29. The molecule has 1 unspecified atom stereocenters. The fourth-order valence-electron chi connectivity index (χ4n) is 3.14. The first-order chi connectivity index (χ1) is 13.6. The summed E-state index contributed by atoms with van der Waals surface area (Å²) in [5.74, 6) is 1.06. The van der Waals surface area contributed by atoms with Crippen LogP contribution in [0.25, 0.3) is 0 Å². The summed E-state index contributed by atoms with van der Waals surface area (Å²) < 4.78 is 11.5. The molecule has 6 heteroatoms. The van der Waals surface area contributed by atoms with Gasteiger partial charge >= 0.3 is 0 Å². The van der Waals surface area contributed by atoms with Crippen LogP contribution in [0.2, 0.25) is 0 Å². The van der Waals surface area contributed by atoms with Gasteiger partial charge in [-0.25, -0.2) is 0 Å². The van der Waals surface area contributed by atoms with Crippen LogP contribution in [0.15, 0.2) is 54.6 Å². The molecule has 1 atom stereocenters. The standard InChI is InChI=1S/C22H26N2O4/c1-17(25)24(16-19-10-7-15-27-19)14-13-22(26)23-20-11-5-6-12-21(20)28-18-8-3-2-4-9-18/h2-6,8-9,11-12,19H,7,10,13-16H2,1H3,(H,23,26). The number of rotatable bonds is 8. The van der Waals surface area contributed by atoms with Crippen LogP contribution in [0.1, 0.15) is 26.2 Å². The molecular formula is C22H26N2O4. The van der Waals surface area contributed by atoms with Crippen molar-refractivity contribution in [2.24, 2.45) is 0 Å². The molecule has 2 amide bonds. The number of amides is 2. The minimum absolute atomic E-state index is 0.0453. The lowest BCUT2D eigenvalue weighted by Gasteiger charge is -2.24. The SMILES string of the molecule is CC(=O)N(CCC(=O)Nc1ccccc1Oc1ccccc1)CC1CCCO1. The molecule has 2 aromatic carbocycles. The fraction of sp³-hybridized carbons (Fsp3) is 0.364. The Balaban J connectivity index is 1.56. The van der Waals surface area contributed by atoms with E-state index in [9.17, 15) is 9.59 Å². The van der Waals surface area contributed by atoms with Gasteiger partial charge in [-0.3, -0.25) is 9.59 Å². The quantitative estimate of drug-likeness (QED) is 0.753. The number of hydrogen-bond acceptors (Lipinski definition) is 4. The van der Waals surface area contributed by atoms with E-state index < -0.39 is 0 Å². The Kier molecular flexibility index (Phi) is 7.03. The van der Waals surface area contributed by atoms with Crippen molar-refractivity contribution in [2.45, 2.75) is 32.3 Å². The number of nitrogens with zero attached hydrogens (tertiary/aromatic N) is 1. The highest BCUT2D eigenvalue weighted by Gasteiger charge is 2.21. The second-order valence-electron chi connectivity index (χ2n) is 6.81. The van der Waals surface area contributed by atoms with Crippen molar-refractivity contribution in [1.29, 1.82) is 0 Å². The monoisotopic (exact) mass is 382 g/mol. The second kappa shape index (κ2) is 9.90. The fourth-order valence-corrected chi connectivity index (χ4v) is 3.14. The predicted octanol–water partition coefficient (Wildman–Crippen LogP) is 3.84. The summed E-state index contributed by atoms with van der Waals surface area (Å²) >= 11 is 0. The smallest absolute Gasteiger partial charge is 0.226 e. The molecule has 0 radical (unpaired) electrons. The molecular weight excluding hydrogens is 356 g/mol. The van der Waals surface area contributed by atoms with E-state index in [0.29, 0.717) is 30.3 Å². The second-order valence-corrected chi connectivity index (χ2v) is 6.81. The predicted molar refractivity (Wildman–Crippen MR) is 107 cm³/mol. The Labute approximate surface area is 165 Å². The largest absolute Gasteiger partial charge is 0.455 e. The Morgan fingerprint density at radius 3 is 2.61 bits per heavy atom. The van der Waals surface area contributed by atoms with Crippen LogP contribution in [0, 0.1) is 0 Å². The molecule has 1 aliphatic rings. The van der Waals surface area contributed by atoms with E-state index in [2.05, 4.69) is 5.32 Å². The van der Waals surface area contributed by atoms with E-state index in [0.717, 1.165) is 19.4 Å². The zero-order valence-corrected chi connectivity index (χ0v) is 16.1. The van der Waals surface area contributed by atoms with Gasteiger partial charge in [0.05, 0.1) is 11.8 Å². The van der Waals surface area contributed by atoms with Crippen LogP contribution in [0.4, 0.5) is 5.69 Å². The van der Waals surface area contributed by atoms with E-state index in [-0.39, 0.29) is 24.3 Å². The van der Waals surface area contributed by atoms with Crippen molar-refractivity contribution in [3.05, 3.63) is 54.6 Å². The molecule has 0 spiro atoms. The summed E-state index contributed by atoms with van der Waals surface area (Å²) in [6.07, 6.45) is 2.27. The number of anilines is 1. The molecule has 148 valence electrons. The van der Waals surface area contributed by atoms with Gasteiger partial charge in [-0.1, -0.05) is 30.3 Å². The van der Waals surface area contributed by atoms with Crippen molar-refractivity contribution in [3.63, 3.8) is 0 Å². The number of para-hydroxylation sites is 3. The number of benzene rings is 2. The average molecular weight is 382 g/mol. The van der Waals surface area contributed by atoms with Gasteiger partial charge < -0.3 is 19.7 Å².